The normalized spacial score (nSPS) is 25.6. The minimum absolute atomic E-state index is 0.202. The average molecular weight is 188 g/mol. The molecule has 1 heterocycles. The van der Waals surface area contributed by atoms with Gasteiger partial charge < -0.3 is 14.2 Å². The summed E-state index contributed by atoms with van der Waals surface area (Å²) in [5.41, 5.74) is 0. The van der Waals surface area contributed by atoms with Gasteiger partial charge in [0.05, 0.1) is 13.0 Å². The van der Waals surface area contributed by atoms with Crippen LogP contribution in [0.4, 0.5) is 0 Å². The number of esters is 1. The summed E-state index contributed by atoms with van der Waals surface area (Å²) in [6.07, 6.45) is 1.56. The van der Waals surface area contributed by atoms with Crippen molar-refractivity contribution in [3.63, 3.8) is 0 Å². The first kappa shape index (κ1) is 10.5. The molecule has 0 aromatic carbocycles. The maximum absolute atomic E-state index is 11.1. The van der Waals surface area contributed by atoms with Gasteiger partial charge in [-0.1, -0.05) is 0 Å². The van der Waals surface area contributed by atoms with Crippen LogP contribution in [0.2, 0.25) is 0 Å². The van der Waals surface area contributed by atoms with Gasteiger partial charge in [-0.2, -0.15) is 0 Å². The van der Waals surface area contributed by atoms with E-state index < -0.39 is 6.29 Å². The molecule has 0 saturated carbocycles. The van der Waals surface area contributed by atoms with Gasteiger partial charge in [-0.25, -0.2) is 0 Å². The van der Waals surface area contributed by atoms with Gasteiger partial charge in [0, 0.05) is 13.2 Å². The van der Waals surface area contributed by atoms with Gasteiger partial charge in [0.25, 0.3) is 0 Å². The fourth-order valence-corrected chi connectivity index (χ4v) is 1.15. The van der Waals surface area contributed by atoms with E-state index in [1.807, 2.05) is 6.92 Å². The summed E-state index contributed by atoms with van der Waals surface area (Å²) in [6, 6.07) is 0. The molecule has 1 fully saturated rings. The summed E-state index contributed by atoms with van der Waals surface area (Å²) in [4.78, 5) is 11.1. The van der Waals surface area contributed by atoms with Crippen molar-refractivity contribution in [2.45, 2.75) is 32.5 Å². The van der Waals surface area contributed by atoms with Gasteiger partial charge in [0.1, 0.15) is 0 Å². The van der Waals surface area contributed by atoms with Gasteiger partial charge in [0.15, 0.2) is 6.29 Å². The third-order valence-electron chi connectivity index (χ3n) is 1.79. The second-order valence-corrected chi connectivity index (χ2v) is 2.89. The fourth-order valence-electron chi connectivity index (χ4n) is 1.15. The van der Waals surface area contributed by atoms with Crippen LogP contribution >= 0.6 is 0 Å². The number of rotatable bonds is 2. The summed E-state index contributed by atoms with van der Waals surface area (Å²) in [5, 5.41) is 0. The lowest BCUT2D eigenvalue weighted by atomic mass is 10.3. The van der Waals surface area contributed by atoms with Crippen molar-refractivity contribution in [2.24, 2.45) is 0 Å². The van der Waals surface area contributed by atoms with Gasteiger partial charge in [0.2, 0.25) is 0 Å². The van der Waals surface area contributed by atoms with Crippen LogP contribution in [0, 0.1) is 0 Å². The van der Waals surface area contributed by atoms with E-state index >= 15 is 0 Å². The fraction of sp³-hybridized carbons (Fsp3) is 0.889. The van der Waals surface area contributed by atoms with Crippen LogP contribution in [-0.4, -0.2) is 32.1 Å². The molecular weight excluding hydrogens is 172 g/mol. The molecule has 1 saturated heterocycles. The molecule has 4 heteroatoms. The van der Waals surface area contributed by atoms with E-state index in [1.54, 1.807) is 0 Å². The number of carbonyl (C=O) groups is 1. The van der Waals surface area contributed by atoms with E-state index in [0.717, 1.165) is 12.8 Å². The molecule has 0 N–H and O–H groups in total. The van der Waals surface area contributed by atoms with E-state index in [9.17, 15) is 4.79 Å². The molecule has 4 nitrogen and oxygen atoms in total. The molecule has 0 bridgehead atoms. The molecule has 1 atom stereocenters. The molecule has 13 heavy (non-hydrogen) atoms. The maximum Gasteiger partial charge on any atom is 0.310 e. The topological polar surface area (TPSA) is 44.8 Å². The molecule has 0 aromatic heterocycles. The molecule has 1 aliphatic heterocycles. The van der Waals surface area contributed by atoms with Crippen LogP contribution in [0.3, 0.4) is 0 Å². The first-order chi connectivity index (χ1) is 6.33. The Morgan fingerprint density at radius 1 is 1.46 bits per heavy atom. The van der Waals surface area contributed by atoms with Gasteiger partial charge in [-0.3, -0.25) is 4.79 Å². The van der Waals surface area contributed by atoms with Crippen molar-refractivity contribution in [1.29, 1.82) is 0 Å². The predicted molar refractivity (Wildman–Crippen MR) is 46.2 cm³/mol. The minimum atomic E-state index is -0.421. The SMILES string of the molecule is CCOC1CC(=O)OCCCCO1. The molecule has 0 aromatic rings. The summed E-state index contributed by atoms with van der Waals surface area (Å²) in [7, 11) is 0. The summed E-state index contributed by atoms with van der Waals surface area (Å²) < 4.78 is 15.5. The van der Waals surface area contributed by atoms with E-state index in [-0.39, 0.29) is 12.4 Å². The third kappa shape index (κ3) is 4.24. The zero-order chi connectivity index (χ0) is 9.52. The number of hydrogen-bond donors (Lipinski definition) is 0. The Bertz CT molecular complexity index is 158. The molecule has 1 rings (SSSR count). The van der Waals surface area contributed by atoms with E-state index in [0.29, 0.717) is 19.8 Å². The number of ether oxygens (including phenoxy) is 3. The molecule has 1 aliphatic rings. The molecular formula is C9H16O4. The van der Waals surface area contributed by atoms with Crippen molar-refractivity contribution in [1.82, 2.24) is 0 Å². The summed E-state index contributed by atoms with van der Waals surface area (Å²) in [5.74, 6) is -0.236. The van der Waals surface area contributed by atoms with E-state index in [4.69, 9.17) is 14.2 Å². The highest BCUT2D eigenvalue weighted by molar-refractivity contribution is 5.69. The Morgan fingerprint density at radius 2 is 2.23 bits per heavy atom. The largest absolute Gasteiger partial charge is 0.466 e. The lowest BCUT2D eigenvalue weighted by Gasteiger charge is -2.14. The molecule has 0 spiro atoms. The Hall–Kier alpha value is -0.610. The lowest BCUT2D eigenvalue weighted by Crippen LogP contribution is -2.21. The highest BCUT2D eigenvalue weighted by atomic mass is 16.7. The van der Waals surface area contributed by atoms with Crippen molar-refractivity contribution < 1.29 is 19.0 Å². The van der Waals surface area contributed by atoms with Crippen LogP contribution in [0.25, 0.3) is 0 Å². The highest BCUT2D eigenvalue weighted by Crippen LogP contribution is 2.07. The molecule has 76 valence electrons. The van der Waals surface area contributed by atoms with Gasteiger partial charge >= 0.3 is 5.97 Å². The maximum atomic E-state index is 11.1. The van der Waals surface area contributed by atoms with Crippen molar-refractivity contribution in [3.8, 4) is 0 Å². The molecule has 0 radical (unpaired) electrons. The second kappa shape index (κ2) is 5.94. The predicted octanol–water partition coefficient (Wildman–Crippen LogP) is 1.09. The van der Waals surface area contributed by atoms with Crippen LogP contribution in [0.1, 0.15) is 26.2 Å². The Kier molecular flexibility index (Phi) is 4.78. The standard InChI is InChI=1S/C9H16O4/c1-2-11-9-7-8(10)12-5-3-4-6-13-9/h9H,2-7H2,1H3. The first-order valence-electron chi connectivity index (χ1n) is 4.71. The monoisotopic (exact) mass is 188 g/mol. The Morgan fingerprint density at radius 3 is 3.00 bits per heavy atom. The smallest absolute Gasteiger partial charge is 0.310 e. The van der Waals surface area contributed by atoms with Crippen molar-refractivity contribution in [2.75, 3.05) is 19.8 Å². The summed E-state index contributed by atoms with van der Waals surface area (Å²) >= 11 is 0. The van der Waals surface area contributed by atoms with Crippen molar-refractivity contribution in [3.05, 3.63) is 0 Å². The highest BCUT2D eigenvalue weighted by Gasteiger charge is 2.16. The van der Waals surface area contributed by atoms with Crippen LogP contribution in [0.15, 0.2) is 0 Å². The quantitative estimate of drug-likeness (QED) is 0.608. The van der Waals surface area contributed by atoms with Crippen LogP contribution in [-0.2, 0) is 19.0 Å². The zero-order valence-electron chi connectivity index (χ0n) is 7.95. The third-order valence-corrected chi connectivity index (χ3v) is 1.79. The minimum Gasteiger partial charge on any atom is -0.466 e. The van der Waals surface area contributed by atoms with Crippen LogP contribution < -0.4 is 0 Å². The van der Waals surface area contributed by atoms with Gasteiger partial charge in [-0.15, -0.1) is 0 Å². The van der Waals surface area contributed by atoms with E-state index in [2.05, 4.69) is 0 Å². The van der Waals surface area contributed by atoms with Crippen molar-refractivity contribution >= 4 is 5.97 Å². The Balaban J connectivity index is 2.36. The first-order valence-corrected chi connectivity index (χ1v) is 4.71. The molecule has 1 unspecified atom stereocenters. The number of carbonyl (C=O) groups excluding carboxylic acids is 1. The van der Waals surface area contributed by atoms with E-state index in [1.165, 1.54) is 0 Å². The number of cyclic esters (lactones) is 1. The summed E-state index contributed by atoms with van der Waals surface area (Å²) in [6.45, 7) is 3.57. The second-order valence-electron chi connectivity index (χ2n) is 2.89. The molecule has 0 aliphatic carbocycles. The average Bonchev–Trinajstić information content (AvgIpc) is 2.18. The lowest BCUT2D eigenvalue weighted by molar-refractivity contribution is -0.166. The number of hydrogen-bond acceptors (Lipinski definition) is 4. The molecule has 0 amide bonds. The van der Waals surface area contributed by atoms with Gasteiger partial charge in [-0.05, 0) is 19.8 Å². The Labute approximate surface area is 78.2 Å². The zero-order valence-corrected chi connectivity index (χ0v) is 7.95. The van der Waals surface area contributed by atoms with Crippen LogP contribution in [0.5, 0.6) is 0 Å².